The molecule has 1 aromatic heterocycles. The molecule has 0 aliphatic carbocycles. The fraction of sp³-hybridized carbons (Fsp3) is 0.320. The van der Waals surface area contributed by atoms with Crippen LogP contribution in [0.1, 0.15) is 39.8 Å². The molecule has 3 rings (SSSR count). The van der Waals surface area contributed by atoms with Crippen LogP contribution in [0.5, 0.6) is 0 Å². The Labute approximate surface area is 213 Å². The SMILES string of the molecule is CCNC(=NCc1ccccc1-n1nc(C)cc1C)NCCNC(=O)c1cccc(C)c1.I. The van der Waals surface area contributed by atoms with Crippen LogP contribution in [0.4, 0.5) is 0 Å². The molecule has 2 aromatic carbocycles. The van der Waals surface area contributed by atoms with E-state index >= 15 is 0 Å². The van der Waals surface area contributed by atoms with Crippen LogP contribution in [0, 0.1) is 20.8 Å². The lowest BCUT2D eigenvalue weighted by atomic mass is 10.1. The van der Waals surface area contributed by atoms with Crippen LogP contribution in [0.2, 0.25) is 0 Å². The zero-order valence-corrected chi connectivity index (χ0v) is 22.0. The molecule has 0 aliphatic rings. The zero-order valence-electron chi connectivity index (χ0n) is 19.7. The van der Waals surface area contributed by atoms with Gasteiger partial charge in [-0.2, -0.15) is 5.10 Å². The van der Waals surface area contributed by atoms with Crippen LogP contribution in [-0.2, 0) is 6.54 Å². The second kappa shape index (κ2) is 13.0. The van der Waals surface area contributed by atoms with Crippen molar-refractivity contribution in [2.24, 2.45) is 4.99 Å². The minimum absolute atomic E-state index is 0. The lowest BCUT2D eigenvalue weighted by Crippen LogP contribution is -2.41. The van der Waals surface area contributed by atoms with Gasteiger partial charge in [-0.15, -0.1) is 24.0 Å². The molecule has 0 bridgehead atoms. The Morgan fingerprint density at radius 2 is 1.73 bits per heavy atom. The Morgan fingerprint density at radius 1 is 0.970 bits per heavy atom. The second-order valence-electron chi connectivity index (χ2n) is 7.71. The first-order valence-corrected chi connectivity index (χ1v) is 11.0. The molecule has 1 heterocycles. The number of carbonyl (C=O) groups excluding carboxylic acids is 1. The lowest BCUT2D eigenvalue weighted by molar-refractivity contribution is 0.0954. The van der Waals surface area contributed by atoms with E-state index in [9.17, 15) is 4.79 Å². The van der Waals surface area contributed by atoms with Crippen LogP contribution < -0.4 is 16.0 Å². The summed E-state index contributed by atoms with van der Waals surface area (Å²) in [7, 11) is 0. The van der Waals surface area contributed by atoms with Crippen molar-refractivity contribution in [2.45, 2.75) is 34.2 Å². The molecule has 0 aliphatic heterocycles. The van der Waals surface area contributed by atoms with Crippen molar-refractivity contribution >= 4 is 35.8 Å². The molecule has 7 nitrogen and oxygen atoms in total. The quantitative estimate of drug-likeness (QED) is 0.169. The molecule has 0 atom stereocenters. The Hall–Kier alpha value is -2.88. The molecule has 3 N–H and O–H groups in total. The van der Waals surface area contributed by atoms with Gasteiger partial charge in [-0.3, -0.25) is 4.79 Å². The Balaban J connectivity index is 0.00000385. The number of aromatic nitrogens is 2. The van der Waals surface area contributed by atoms with Gasteiger partial charge in [0, 0.05) is 30.9 Å². The van der Waals surface area contributed by atoms with Crippen molar-refractivity contribution < 1.29 is 4.79 Å². The third kappa shape index (κ3) is 7.59. The standard InChI is InChI=1S/C25H32N6O.HI/c1-5-26-25(28-14-13-27-24(32)21-11-8-9-18(2)15-21)29-17-22-10-6-7-12-23(22)31-20(4)16-19(3)30-31;/h6-12,15-16H,5,13-14,17H2,1-4H3,(H,27,32)(H2,26,28,29);1H. The summed E-state index contributed by atoms with van der Waals surface area (Å²) in [6.07, 6.45) is 0. The number of benzene rings is 2. The van der Waals surface area contributed by atoms with Crippen LogP contribution in [0.25, 0.3) is 5.69 Å². The topological polar surface area (TPSA) is 83.3 Å². The van der Waals surface area contributed by atoms with Crippen molar-refractivity contribution in [1.82, 2.24) is 25.7 Å². The largest absolute Gasteiger partial charge is 0.357 e. The van der Waals surface area contributed by atoms with Gasteiger partial charge < -0.3 is 16.0 Å². The van der Waals surface area contributed by atoms with Crippen molar-refractivity contribution in [2.75, 3.05) is 19.6 Å². The first kappa shape index (κ1) is 26.4. The normalized spacial score (nSPS) is 11.0. The van der Waals surface area contributed by atoms with Crippen molar-refractivity contribution in [1.29, 1.82) is 0 Å². The summed E-state index contributed by atoms with van der Waals surface area (Å²) in [4.78, 5) is 17.0. The fourth-order valence-electron chi connectivity index (χ4n) is 3.48. The second-order valence-corrected chi connectivity index (χ2v) is 7.71. The number of hydrogen-bond acceptors (Lipinski definition) is 3. The number of amides is 1. The van der Waals surface area contributed by atoms with Gasteiger partial charge in [0.1, 0.15) is 0 Å². The Bertz CT molecular complexity index is 1090. The van der Waals surface area contributed by atoms with Crippen molar-refractivity contribution in [3.05, 3.63) is 82.7 Å². The van der Waals surface area contributed by atoms with E-state index in [0.717, 1.165) is 34.7 Å². The first-order valence-electron chi connectivity index (χ1n) is 11.0. The summed E-state index contributed by atoms with van der Waals surface area (Å²) < 4.78 is 1.96. The fourth-order valence-corrected chi connectivity index (χ4v) is 3.48. The number of aliphatic imine (C=N–C) groups is 1. The molecular weight excluding hydrogens is 527 g/mol. The highest BCUT2D eigenvalue weighted by Gasteiger charge is 2.09. The highest BCUT2D eigenvalue weighted by atomic mass is 127. The summed E-state index contributed by atoms with van der Waals surface area (Å²) in [6.45, 7) is 10.4. The summed E-state index contributed by atoms with van der Waals surface area (Å²) in [6, 6.07) is 17.8. The van der Waals surface area contributed by atoms with Gasteiger partial charge in [-0.1, -0.05) is 35.9 Å². The van der Waals surface area contributed by atoms with Crippen LogP contribution in [0.15, 0.2) is 59.6 Å². The molecule has 3 aromatic rings. The summed E-state index contributed by atoms with van der Waals surface area (Å²) in [5, 5.41) is 14.1. The highest BCUT2D eigenvalue weighted by Crippen LogP contribution is 2.17. The van der Waals surface area contributed by atoms with Crippen LogP contribution >= 0.6 is 24.0 Å². The highest BCUT2D eigenvalue weighted by molar-refractivity contribution is 14.0. The molecule has 1 amide bonds. The molecule has 176 valence electrons. The number of carbonyl (C=O) groups is 1. The molecular formula is C25H33IN6O. The number of hydrogen-bond donors (Lipinski definition) is 3. The van der Waals surface area contributed by atoms with E-state index in [0.29, 0.717) is 31.2 Å². The van der Waals surface area contributed by atoms with Crippen molar-refractivity contribution in [3.8, 4) is 5.69 Å². The van der Waals surface area contributed by atoms with E-state index in [1.165, 1.54) is 0 Å². The number of nitrogens with zero attached hydrogens (tertiary/aromatic N) is 3. The van der Waals surface area contributed by atoms with Gasteiger partial charge >= 0.3 is 0 Å². The molecule has 0 spiro atoms. The lowest BCUT2D eigenvalue weighted by Gasteiger charge is -2.13. The smallest absolute Gasteiger partial charge is 0.251 e. The van der Waals surface area contributed by atoms with Gasteiger partial charge in [0.15, 0.2) is 5.96 Å². The third-order valence-corrected chi connectivity index (χ3v) is 4.96. The molecule has 8 heteroatoms. The summed E-state index contributed by atoms with van der Waals surface area (Å²) in [5.74, 6) is 0.636. The number of halogens is 1. The molecule has 0 radical (unpaired) electrons. The van der Waals surface area contributed by atoms with E-state index in [-0.39, 0.29) is 29.9 Å². The molecule has 0 saturated heterocycles. The maximum absolute atomic E-state index is 12.3. The average Bonchev–Trinajstić information content (AvgIpc) is 3.12. The average molecular weight is 560 g/mol. The number of aryl methyl sites for hydroxylation is 3. The number of guanidine groups is 1. The van der Waals surface area contributed by atoms with Crippen molar-refractivity contribution in [3.63, 3.8) is 0 Å². The van der Waals surface area contributed by atoms with E-state index in [1.807, 2.05) is 61.9 Å². The number of para-hydroxylation sites is 1. The van der Waals surface area contributed by atoms with Crippen LogP contribution in [0.3, 0.4) is 0 Å². The van der Waals surface area contributed by atoms with E-state index in [1.54, 1.807) is 0 Å². The third-order valence-electron chi connectivity index (χ3n) is 4.96. The van der Waals surface area contributed by atoms with Crippen LogP contribution in [-0.4, -0.2) is 41.3 Å². The summed E-state index contributed by atoms with van der Waals surface area (Å²) >= 11 is 0. The first-order chi connectivity index (χ1) is 15.5. The van der Waals surface area contributed by atoms with E-state index in [4.69, 9.17) is 4.99 Å². The Morgan fingerprint density at radius 3 is 2.42 bits per heavy atom. The van der Waals surface area contributed by atoms with Gasteiger partial charge in [0.25, 0.3) is 5.91 Å². The Kier molecular flexibility index (Phi) is 10.4. The monoisotopic (exact) mass is 560 g/mol. The minimum Gasteiger partial charge on any atom is -0.357 e. The van der Waals surface area contributed by atoms with Gasteiger partial charge in [0.2, 0.25) is 0 Å². The molecule has 0 fully saturated rings. The number of nitrogens with one attached hydrogen (secondary N) is 3. The van der Waals surface area contributed by atoms with Gasteiger partial charge in [-0.25, -0.2) is 9.67 Å². The minimum atomic E-state index is -0.0729. The molecule has 33 heavy (non-hydrogen) atoms. The number of rotatable bonds is 8. The van der Waals surface area contributed by atoms with E-state index in [2.05, 4.69) is 46.2 Å². The van der Waals surface area contributed by atoms with Gasteiger partial charge in [0.05, 0.1) is 17.9 Å². The summed E-state index contributed by atoms with van der Waals surface area (Å²) in [5.41, 5.74) is 5.94. The molecule has 0 saturated carbocycles. The van der Waals surface area contributed by atoms with E-state index < -0.39 is 0 Å². The van der Waals surface area contributed by atoms with Gasteiger partial charge in [-0.05, 0) is 57.5 Å². The maximum Gasteiger partial charge on any atom is 0.251 e. The predicted octanol–water partition coefficient (Wildman–Crippen LogP) is 3.90. The molecule has 0 unspecified atom stereocenters. The maximum atomic E-state index is 12.3. The predicted molar refractivity (Wildman–Crippen MR) is 145 cm³/mol. The zero-order chi connectivity index (χ0) is 22.9.